The van der Waals surface area contributed by atoms with Crippen LogP contribution in [0.5, 0.6) is 11.5 Å². The minimum absolute atomic E-state index is 0.105. The summed E-state index contributed by atoms with van der Waals surface area (Å²) in [6.07, 6.45) is 6.71. The number of nitrogens with zero attached hydrogens (tertiary/aromatic N) is 1. The molecule has 2 aliphatic rings. The highest BCUT2D eigenvalue weighted by Crippen LogP contribution is 2.37. The Balaban J connectivity index is 1.64. The molecule has 6 nitrogen and oxygen atoms in total. The summed E-state index contributed by atoms with van der Waals surface area (Å²) < 4.78 is 10.9. The second-order valence-corrected chi connectivity index (χ2v) is 8.30. The van der Waals surface area contributed by atoms with Crippen molar-refractivity contribution in [2.75, 3.05) is 14.2 Å². The third-order valence-electron chi connectivity index (χ3n) is 6.34. The van der Waals surface area contributed by atoms with Crippen LogP contribution in [-0.2, 0) is 11.3 Å². The van der Waals surface area contributed by atoms with Crippen molar-refractivity contribution in [1.29, 1.82) is 0 Å². The molecule has 1 aliphatic heterocycles. The van der Waals surface area contributed by atoms with Crippen molar-refractivity contribution in [3.05, 3.63) is 59.2 Å². The van der Waals surface area contributed by atoms with E-state index in [-0.39, 0.29) is 24.4 Å². The first-order valence-electron chi connectivity index (χ1n) is 11.0. The summed E-state index contributed by atoms with van der Waals surface area (Å²) in [4.78, 5) is 28.4. The van der Waals surface area contributed by atoms with Gasteiger partial charge in [-0.2, -0.15) is 0 Å². The Morgan fingerprint density at radius 3 is 2.48 bits per heavy atom. The molecule has 31 heavy (non-hydrogen) atoms. The molecular weight excluding hydrogens is 392 g/mol. The highest BCUT2D eigenvalue weighted by Gasteiger charge is 2.41. The van der Waals surface area contributed by atoms with Gasteiger partial charge in [-0.15, -0.1) is 0 Å². The Kier molecular flexibility index (Phi) is 6.44. The van der Waals surface area contributed by atoms with Crippen molar-refractivity contribution in [3.63, 3.8) is 0 Å². The predicted octanol–water partition coefficient (Wildman–Crippen LogP) is 4.24. The van der Waals surface area contributed by atoms with Crippen LogP contribution >= 0.6 is 0 Å². The van der Waals surface area contributed by atoms with Crippen LogP contribution in [0.4, 0.5) is 0 Å². The smallest absolute Gasteiger partial charge is 0.255 e. The van der Waals surface area contributed by atoms with Gasteiger partial charge in [-0.3, -0.25) is 9.59 Å². The van der Waals surface area contributed by atoms with Gasteiger partial charge in [-0.25, -0.2) is 0 Å². The van der Waals surface area contributed by atoms with Crippen molar-refractivity contribution in [2.24, 2.45) is 0 Å². The fourth-order valence-corrected chi connectivity index (χ4v) is 4.71. The molecule has 1 aliphatic carbocycles. The standard InChI is InChI=1S/C25H30N2O4/c1-30-19-13-14-22(31-2)17(15-19)16-27-23(20-11-7-8-12-21(20)25(27)29)24(28)26-18-9-5-3-4-6-10-18/h7-8,11-15,18,23H,3-6,9-10,16H2,1-2H3,(H,26,28). The molecule has 1 N–H and O–H groups in total. The molecular formula is C25H30N2O4. The molecule has 2 amide bonds. The molecule has 1 atom stereocenters. The van der Waals surface area contributed by atoms with Gasteiger partial charge in [0.2, 0.25) is 5.91 Å². The molecule has 4 rings (SSSR count). The monoisotopic (exact) mass is 422 g/mol. The molecule has 1 unspecified atom stereocenters. The van der Waals surface area contributed by atoms with Gasteiger partial charge in [0.25, 0.3) is 5.91 Å². The first kappa shape index (κ1) is 21.2. The predicted molar refractivity (Wildman–Crippen MR) is 118 cm³/mol. The minimum atomic E-state index is -0.650. The number of hydrogen-bond donors (Lipinski definition) is 1. The fraction of sp³-hybridized carbons (Fsp3) is 0.440. The number of fused-ring (bicyclic) bond motifs is 1. The van der Waals surface area contributed by atoms with Gasteiger partial charge in [0.15, 0.2) is 0 Å². The van der Waals surface area contributed by atoms with Crippen LogP contribution in [0, 0.1) is 0 Å². The third-order valence-corrected chi connectivity index (χ3v) is 6.34. The number of rotatable bonds is 6. The lowest BCUT2D eigenvalue weighted by Gasteiger charge is -2.27. The van der Waals surface area contributed by atoms with Crippen LogP contribution in [0.3, 0.4) is 0 Å². The van der Waals surface area contributed by atoms with E-state index >= 15 is 0 Å². The number of methoxy groups -OCH3 is 2. The van der Waals surface area contributed by atoms with Crippen molar-refractivity contribution in [1.82, 2.24) is 10.2 Å². The molecule has 2 aromatic carbocycles. The number of ether oxygens (including phenoxy) is 2. The van der Waals surface area contributed by atoms with E-state index in [9.17, 15) is 9.59 Å². The zero-order chi connectivity index (χ0) is 21.8. The first-order valence-corrected chi connectivity index (χ1v) is 11.0. The summed E-state index contributed by atoms with van der Waals surface area (Å²) in [7, 11) is 3.20. The Morgan fingerprint density at radius 2 is 1.77 bits per heavy atom. The molecule has 1 heterocycles. The second kappa shape index (κ2) is 9.41. The molecule has 0 radical (unpaired) electrons. The highest BCUT2D eigenvalue weighted by molar-refractivity contribution is 6.04. The van der Waals surface area contributed by atoms with Crippen molar-refractivity contribution < 1.29 is 19.1 Å². The van der Waals surface area contributed by atoms with Gasteiger partial charge in [0.05, 0.1) is 20.8 Å². The highest BCUT2D eigenvalue weighted by atomic mass is 16.5. The zero-order valence-corrected chi connectivity index (χ0v) is 18.2. The lowest BCUT2D eigenvalue weighted by Crippen LogP contribution is -2.43. The number of nitrogens with one attached hydrogen (secondary N) is 1. The zero-order valence-electron chi connectivity index (χ0n) is 18.2. The molecule has 0 saturated heterocycles. The average molecular weight is 423 g/mol. The van der Waals surface area contributed by atoms with Gasteiger partial charge in [0.1, 0.15) is 17.5 Å². The van der Waals surface area contributed by atoms with Gasteiger partial charge in [0, 0.05) is 17.2 Å². The summed E-state index contributed by atoms with van der Waals surface area (Å²) in [5.74, 6) is 1.10. The van der Waals surface area contributed by atoms with E-state index in [0.717, 1.165) is 36.8 Å². The SMILES string of the molecule is COc1ccc(OC)c(CN2C(=O)c3ccccc3C2C(=O)NC2CCCCCC2)c1. The molecule has 164 valence electrons. The number of carbonyl (C=O) groups is 2. The van der Waals surface area contributed by atoms with E-state index < -0.39 is 6.04 Å². The van der Waals surface area contributed by atoms with Gasteiger partial charge in [-0.05, 0) is 42.7 Å². The maximum absolute atomic E-state index is 13.5. The Labute approximate surface area is 183 Å². The molecule has 1 saturated carbocycles. The van der Waals surface area contributed by atoms with Crippen LogP contribution in [0.1, 0.15) is 66.1 Å². The summed E-state index contributed by atoms with van der Waals surface area (Å²) in [5.41, 5.74) is 2.15. The molecule has 0 aromatic heterocycles. The number of benzene rings is 2. The van der Waals surface area contributed by atoms with E-state index in [2.05, 4.69) is 5.32 Å². The van der Waals surface area contributed by atoms with Gasteiger partial charge >= 0.3 is 0 Å². The second-order valence-electron chi connectivity index (χ2n) is 8.30. The fourth-order valence-electron chi connectivity index (χ4n) is 4.71. The van der Waals surface area contributed by atoms with Crippen molar-refractivity contribution in [3.8, 4) is 11.5 Å². The van der Waals surface area contributed by atoms with Crippen molar-refractivity contribution in [2.45, 2.75) is 57.2 Å². The van der Waals surface area contributed by atoms with Gasteiger partial charge < -0.3 is 19.7 Å². The molecule has 0 bridgehead atoms. The minimum Gasteiger partial charge on any atom is -0.497 e. The Hall–Kier alpha value is -3.02. The molecule has 1 fully saturated rings. The summed E-state index contributed by atoms with van der Waals surface area (Å²) in [6.45, 7) is 0.261. The summed E-state index contributed by atoms with van der Waals surface area (Å²) in [5, 5.41) is 3.24. The number of amides is 2. The summed E-state index contributed by atoms with van der Waals surface area (Å²) in [6, 6.07) is 12.4. The quantitative estimate of drug-likeness (QED) is 0.707. The summed E-state index contributed by atoms with van der Waals surface area (Å²) >= 11 is 0. The maximum Gasteiger partial charge on any atom is 0.255 e. The molecule has 2 aromatic rings. The van der Waals surface area contributed by atoms with E-state index in [4.69, 9.17) is 9.47 Å². The van der Waals surface area contributed by atoms with E-state index in [1.54, 1.807) is 25.2 Å². The first-order chi connectivity index (χ1) is 15.1. The van der Waals surface area contributed by atoms with Crippen LogP contribution < -0.4 is 14.8 Å². The van der Waals surface area contributed by atoms with Crippen LogP contribution in [0.2, 0.25) is 0 Å². The van der Waals surface area contributed by atoms with Gasteiger partial charge in [-0.1, -0.05) is 43.9 Å². The number of hydrogen-bond acceptors (Lipinski definition) is 4. The topological polar surface area (TPSA) is 67.9 Å². The number of carbonyl (C=O) groups excluding carboxylic acids is 2. The Bertz CT molecular complexity index is 950. The van der Waals surface area contributed by atoms with Crippen LogP contribution in [0.15, 0.2) is 42.5 Å². The lowest BCUT2D eigenvalue weighted by molar-refractivity contribution is -0.126. The molecule has 6 heteroatoms. The Morgan fingerprint density at radius 1 is 1.03 bits per heavy atom. The van der Waals surface area contributed by atoms with E-state index in [1.807, 2.05) is 36.4 Å². The average Bonchev–Trinajstić information content (AvgIpc) is 2.93. The maximum atomic E-state index is 13.5. The van der Waals surface area contributed by atoms with E-state index in [0.29, 0.717) is 17.1 Å². The lowest BCUT2D eigenvalue weighted by atomic mass is 10.0. The van der Waals surface area contributed by atoms with Crippen molar-refractivity contribution >= 4 is 11.8 Å². The molecule has 0 spiro atoms. The van der Waals surface area contributed by atoms with E-state index in [1.165, 1.54) is 12.8 Å². The normalized spacial score (nSPS) is 19.0. The van der Waals surface area contributed by atoms with Crippen LogP contribution in [-0.4, -0.2) is 37.0 Å². The largest absolute Gasteiger partial charge is 0.497 e. The van der Waals surface area contributed by atoms with Crippen LogP contribution in [0.25, 0.3) is 0 Å². The third kappa shape index (κ3) is 4.38.